The molecule has 3 nitrogen and oxygen atoms in total. The lowest BCUT2D eigenvalue weighted by atomic mass is 10.2. The van der Waals surface area contributed by atoms with Crippen LogP contribution in [-0.4, -0.2) is 26.1 Å². The van der Waals surface area contributed by atoms with Gasteiger partial charge in [-0.2, -0.15) is 0 Å². The van der Waals surface area contributed by atoms with E-state index in [0.717, 1.165) is 25.2 Å². The lowest BCUT2D eigenvalue weighted by Crippen LogP contribution is -2.22. The summed E-state index contributed by atoms with van der Waals surface area (Å²) in [5, 5.41) is 0. The molecule has 2 rings (SSSR count). The minimum atomic E-state index is -0.0685. The van der Waals surface area contributed by atoms with Gasteiger partial charge in [-0.05, 0) is 38.3 Å². The van der Waals surface area contributed by atoms with Gasteiger partial charge in [0.15, 0.2) is 6.29 Å². The van der Waals surface area contributed by atoms with Crippen molar-refractivity contribution < 1.29 is 14.2 Å². The molecule has 102 valence electrons. The monoisotopic (exact) mass is 260 g/mol. The predicted molar refractivity (Wildman–Crippen MR) is 74.0 cm³/mol. The molecule has 1 aliphatic rings. The van der Waals surface area contributed by atoms with Gasteiger partial charge in [-0.1, -0.05) is 29.5 Å². The molecule has 0 aliphatic carbocycles. The van der Waals surface area contributed by atoms with Crippen LogP contribution in [0.15, 0.2) is 24.3 Å². The zero-order valence-electron chi connectivity index (χ0n) is 11.4. The second kappa shape index (κ2) is 7.83. The van der Waals surface area contributed by atoms with Gasteiger partial charge in [0.05, 0.1) is 0 Å². The molecule has 0 aromatic heterocycles. The highest BCUT2D eigenvalue weighted by molar-refractivity contribution is 5.26. The Kier molecular flexibility index (Phi) is 5.74. The quantitative estimate of drug-likeness (QED) is 0.779. The molecule has 0 amide bonds. The van der Waals surface area contributed by atoms with E-state index in [1.165, 1.54) is 12.0 Å². The van der Waals surface area contributed by atoms with Crippen LogP contribution in [0.1, 0.15) is 24.8 Å². The van der Waals surface area contributed by atoms with Crippen molar-refractivity contribution in [1.29, 1.82) is 0 Å². The molecule has 1 fully saturated rings. The summed E-state index contributed by atoms with van der Waals surface area (Å²) in [4.78, 5) is 0. The highest BCUT2D eigenvalue weighted by atomic mass is 16.7. The van der Waals surface area contributed by atoms with Crippen molar-refractivity contribution in [2.75, 3.05) is 19.8 Å². The first-order chi connectivity index (χ1) is 9.34. The third kappa shape index (κ3) is 5.34. The van der Waals surface area contributed by atoms with Crippen molar-refractivity contribution in [2.45, 2.75) is 32.5 Å². The molecule has 3 heteroatoms. The van der Waals surface area contributed by atoms with E-state index in [0.29, 0.717) is 13.2 Å². The molecule has 0 N–H and O–H groups in total. The normalized spacial score (nSPS) is 18.5. The van der Waals surface area contributed by atoms with Crippen LogP contribution in [0.5, 0.6) is 5.75 Å². The fraction of sp³-hybridized carbons (Fsp3) is 0.500. The van der Waals surface area contributed by atoms with E-state index in [2.05, 4.69) is 11.8 Å². The molecule has 1 saturated heterocycles. The van der Waals surface area contributed by atoms with Crippen LogP contribution in [0, 0.1) is 18.8 Å². The first kappa shape index (κ1) is 13.9. The SMILES string of the molecule is Cc1ccc(OCC#CCOC2CCCCO2)cc1. The Balaban J connectivity index is 1.60. The molecule has 0 saturated carbocycles. The van der Waals surface area contributed by atoms with E-state index < -0.39 is 0 Å². The van der Waals surface area contributed by atoms with Crippen molar-refractivity contribution in [3.63, 3.8) is 0 Å². The highest BCUT2D eigenvalue weighted by Gasteiger charge is 2.12. The number of hydrogen-bond donors (Lipinski definition) is 0. The van der Waals surface area contributed by atoms with E-state index in [1.54, 1.807) is 0 Å². The van der Waals surface area contributed by atoms with Crippen LogP contribution in [0.4, 0.5) is 0 Å². The first-order valence-corrected chi connectivity index (χ1v) is 6.73. The van der Waals surface area contributed by atoms with Crippen LogP contribution in [0.2, 0.25) is 0 Å². The van der Waals surface area contributed by atoms with Gasteiger partial charge in [0, 0.05) is 6.61 Å². The maximum atomic E-state index is 5.50. The summed E-state index contributed by atoms with van der Waals surface area (Å²) < 4.78 is 16.4. The van der Waals surface area contributed by atoms with E-state index >= 15 is 0 Å². The van der Waals surface area contributed by atoms with Gasteiger partial charge >= 0.3 is 0 Å². The Bertz CT molecular complexity index is 422. The molecule has 1 atom stereocenters. The second-order valence-corrected chi connectivity index (χ2v) is 4.56. The number of hydrogen-bond acceptors (Lipinski definition) is 3. The zero-order chi connectivity index (χ0) is 13.3. The maximum Gasteiger partial charge on any atom is 0.158 e. The molecule has 1 unspecified atom stereocenters. The van der Waals surface area contributed by atoms with E-state index in [1.807, 2.05) is 31.2 Å². The summed E-state index contributed by atoms with van der Waals surface area (Å²) in [5.74, 6) is 6.72. The summed E-state index contributed by atoms with van der Waals surface area (Å²) in [7, 11) is 0. The van der Waals surface area contributed by atoms with Crippen molar-refractivity contribution in [3.05, 3.63) is 29.8 Å². The Labute approximate surface area is 114 Å². The van der Waals surface area contributed by atoms with Crippen LogP contribution < -0.4 is 4.74 Å². The molecule has 0 bridgehead atoms. The molecule has 0 spiro atoms. The summed E-state index contributed by atoms with van der Waals surface area (Å²) in [6.07, 6.45) is 3.22. The summed E-state index contributed by atoms with van der Waals surface area (Å²) in [5.41, 5.74) is 1.22. The average molecular weight is 260 g/mol. The zero-order valence-corrected chi connectivity index (χ0v) is 11.4. The summed E-state index contributed by atoms with van der Waals surface area (Å²) in [6.45, 7) is 3.64. The fourth-order valence-corrected chi connectivity index (χ4v) is 1.83. The van der Waals surface area contributed by atoms with Gasteiger partial charge in [0.1, 0.15) is 19.0 Å². The summed E-state index contributed by atoms with van der Waals surface area (Å²) in [6, 6.07) is 7.94. The van der Waals surface area contributed by atoms with Gasteiger partial charge in [0.25, 0.3) is 0 Å². The summed E-state index contributed by atoms with van der Waals surface area (Å²) >= 11 is 0. The molecule has 0 radical (unpaired) electrons. The number of rotatable bonds is 4. The third-order valence-electron chi connectivity index (χ3n) is 2.94. The highest BCUT2D eigenvalue weighted by Crippen LogP contribution is 2.13. The topological polar surface area (TPSA) is 27.7 Å². The molecule has 1 heterocycles. The van der Waals surface area contributed by atoms with E-state index in [4.69, 9.17) is 14.2 Å². The van der Waals surface area contributed by atoms with Crippen molar-refractivity contribution >= 4 is 0 Å². The minimum absolute atomic E-state index is 0.0685. The standard InChI is InChI=1S/C16H20O3/c1-14-7-9-15(10-8-14)17-11-4-5-13-19-16-6-2-3-12-18-16/h7-10,16H,2-3,6,11-13H2,1H3. The molecule has 19 heavy (non-hydrogen) atoms. The maximum absolute atomic E-state index is 5.50. The molecule has 1 aromatic rings. The largest absolute Gasteiger partial charge is 0.481 e. The van der Waals surface area contributed by atoms with Gasteiger partial charge in [0.2, 0.25) is 0 Å². The Morgan fingerprint density at radius 1 is 1.16 bits per heavy atom. The number of benzene rings is 1. The number of aryl methyl sites for hydroxylation is 1. The van der Waals surface area contributed by atoms with Crippen molar-refractivity contribution in [3.8, 4) is 17.6 Å². The molecule has 1 aromatic carbocycles. The first-order valence-electron chi connectivity index (χ1n) is 6.73. The van der Waals surface area contributed by atoms with E-state index in [-0.39, 0.29) is 6.29 Å². The number of ether oxygens (including phenoxy) is 3. The molecular formula is C16H20O3. The Morgan fingerprint density at radius 3 is 2.68 bits per heavy atom. The van der Waals surface area contributed by atoms with Crippen molar-refractivity contribution in [2.24, 2.45) is 0 Å². The van der Waals surface area contributed by atoms with Crippen LogP contribution in [-0.2, 0) is 9.47 Å². The second-order valence-electron chi connectivity index (χ2n) is 4.56. The van der Waals surface area contributed by atoms with E-state index in [9.17, 15) is 0 Å². The van der Waals surface area contributed by atoms with Gasteiger partial charge < -0.3 is 14.2 Å². The van der Waals surface area contributed by atoms with Gasteiger partial charge in [-0.15, -0.1) is 0 Å². The van der Waals surface area contributed by atoms with Gasteiger partial charge in [-0.3, -0.25) is 0 Å². The smallest absolute Gasteiger partial charge is 0.158 e. The third-order valence-corrected chi connectivity index (χ3v) is 2.94. The lowest BCUT2D eigenvalue weighted by Gasteiger charge is -2.21. The average Bonchev–Trinajstić information content (AvgIpc) is 2.46. The van der Waals surface area contributed by atoms with Gasteiger partial charge in [-0.25, -0.2) is 0 Å². The fourth-order valence-electron chi connectivity index (χ4n) is 1.83. The minimum Gasteiger partial charge on any atom is -0.481 e. The predicted octanol–water partition coefficient (Wildman–Crippen LogP) is 2.92. The van der Waals surface area contributed by atoms with Crippen LogP contribution in [0.25, 0.3) is 0 Å². The lowest BCUT2D eigenvalue weighted by molar-refractivity contribution is -0.154. The molecular weight excluding hydrogens is 240 g/mol. The Hall–Kier alpha value is -1.50. The van der Waals surface area contributed by atoms with Crippen molar-refractivity contribution in [1.82, 2.24) is 0 Å². The molecule has 1 aliphatic heterocycles. The van der Waals surface area contributed by atoms with Crippen LogP contribution >= 0.6 is 0 Å². The van der Waals surface area contributed by atoms with Crippen LogP contribution in [0.3, 0.4) is 0 Å². The Morgan fingerprint density at radius 2 is 1.95 bits per heavy atom.